The van der Waals surface area contributed by atoms with Crippen molar-refractivity contribution in [3.63, 3.8) is 0 Å². The molecule has 2 N–H and O–H groups in total. The SMILES string of the molecule is Cc1ccc(NC(=O)c2csc(Nc3ccccn3)n2)cc1F. The highest BCUT2D eigenvalue weighted by Crippen LogP contribution is 2.20. The average molecular weight is 328 g/mol. The van der Waals surface area contributed by atoms with Gasteiger partial charge in [-0.25, -0.2) is 14.4 Å². The maximum absolute atomic E-state index is 13.5. The number of pyridine rings is 1. The van der Waals surface area contributed by atoms with E-state index in [1.54, 1.807) is 36.7 Å². The third-order valence-electron chi connectivity index (χ3n) is 3.07. The minimum atomic E-state index is -0.390. The first kappa shape index (κ1) is 15.1. The van der Waals surface area contributed by atoms with E-state index >= 15 is 0 Å². The largest absolute Gasteiger partial charge is 0.321 e. The number of anilines is 3. The van der Waals surface area contributed by atoms with E-state index in [2.05, 4.69) is 20.6 Å². The molecule has 0 saturated heterocycles. The van der Waals surface area contributed by atoms with Gasteiger partial charge >= 0.3 is 0 Å². The molecular weight excluding hydrogens is 315 g/mol. The molecule has 2 heterocycles. The fourth-order valence-corrected chi connectivity index (χ4v) is 2.54. The number of nitrogens with one attached hydrogen (secondary N) is 2. The fraction of sp³-hybridized carbons (Fsp3) is 0.0625. The summed E-state index contributed by atoms with van der Waals surface area (Å²) >= 11 is 1.29. The van der Waals surface area contributed by atoms with E-state index in [1.807, 2.05) is 12.1 Å². The first-order chi connectivity index (χ1) is 11.1. The van der Waals surface area contributed by atoms with E-state index < -0.39 is 5.91 Å². The highest BCUT2D eigenvalue weighted by atomic mass is 32.1. The van der Waals surface area contributed by atoms with Gasteiger partial charge in [-0.3, -0.25) is 4.79 Å². The Morgan fingerprint density at radius 3 is 2.87 bits per heavy atom. The molecule has 23 heavy (non-hydrogen) atoms. The summed E-state index contributed by atoms with van der Waals surface area (Å²) in [5, 5.41) is 7.83. The average Bonchev–Trinajstić information content (AvgIpc) is 3.00. The molecule has 3 aromatic rings. The second-order valence-electron chi connectivity index (χ2n) is 4.80. The van der Waals surface area contributed by atoms with Gasteiger partial charge in [-0.2, -0.15) is 0 Å². The van der Waals surface area contributed by atoms with Crippen molar-refractivity contribution in [2.24, 2.45) is 0 Å². The van der Waals surface area contributed by atoms with Crippen molar-refractivity contribution in [3.8, 4) is 0 Å². The predicted octanol–water partition coefficient (Wildman–Crippen LogP) is 3.98. The van der Waals surface area contributed by atoms with Crippen LogP contribution in [0.4, 0.5) is 21.0 Å². The van der Waals surface area contributed by atoms with Gasteiger partial charge in [0.1, 0.15) is 17.3 Å². The molecule has 0 saturated carbocycles. The molecule has 0 bridgehead atoms. The molecule has 0 spiro atoms. The number of carbonyl (C=O) groups is 1. The number of carbonyl (C=O) groups excluding carboxylic acids is 1. The molecule has 1 amide bonds. The van der Waals surface area contributed by atoms with Crippen LogP contribution in [0, 0.1) is 12.7 Å². The lowest BCUT2D eigenvalue weighted by molar-refractivity contribution is 0.102. The Hall–Kier alpha value is -2.80. The van der Waals surface area contributed by atoms with Gasteiger partial charge in [-0.05, 0) is 36.8 Å². The third-order valence-corrected chi connectivity index (χ3v) is 3.82. The van der Waals surface area contributed by atoms with Crippen molar-refractivity contribution in [1.29, 1.82) is 0 Å². The van der Waals surface area contributed by atoms with Gasteiger partial charge in [0.2, 0.25) is 0 Å². The maximum Gasteiger partial charge on any atom is 0.275 e. The second kappa shape index (κ2) is 6.53. The van der Waals surface area contributed by atoms with Crippen molar-refractivity contribution in [2.75, 3.05) is 10.6 Å². The van der Waals surface area contributed by atoms with Crippen LogP contribution in [0.1, 0.15) is 16.1 Å². The van der Waals surface area contributed by atoms with Crippen molar-refractivity contribution in [3.05, 3.63) is 65.0 Å². The quantitative estimate of drug-likeness (QED) is 0.760. The van der Waals surface area contributed by atoms with Crippen molar-refractivity contribution >= 4 is 33.9 Å². The van der Waals surface area contributed by atoms with Crippen LogP contribution in [0.25, 0.3) is 0 Å². The standard InChI is InChI=1S/C16H13FN4OS/c1-10-5-6-11(8-12(10)17)19-15(22)13-9-23-16(20-13)21-14-4-2-3-7-18-14/h2-9H,1H3,(H,19,22)(H,18,20,21). The highest BCUT2D eigenvalue weighted by molar-refractivity contribution is 7.14. The van der Waals surface area contributed by atoms with Crippen molar-refractivity contribution in [2.45, 2.75) is 6.92 Å². The zero-order valence-electron chi connectivity index (χ0n) is 12.2. The van der Waals surface area contributed by atoms with E-state index in [0.717, 1.165) is 0 Å². The molecule has 1 aromatic carbocycles. The summed E-state index contributed by atoms with van der Waals surface area (Å²) in [5.41, 5.74) is 1.18. The monoisotopic (exact) mass is 328 g/mol. The van der Waals surface area contributed by atoms with Crippen LogP contribution in [0.2, 0.25) is 0 Å². The number of benzene rings is 1. The molecule has 0 atom stereocenters. The maximum atomic E-state index is 13.5. The smallest absolute Gasteiger partial charge is 0.275 e. The van der Waals surface area contributed by atoms with Crippen LogP contribution >= 0.6 is 11.3 Å². The number of thiazole rings is 1. The molecule has 116 valence electrons. The van der Waals surface area contributed by atoms with E-state index in [4.69, 9.17) is 0 Å². The summed E-state index contributed by atoms with van der Waals surface area (Å²) in [6, 6.07) is 10.0. The molecule has 0 unspecified atom stereocenters. The molecule has 5 nitrogen and oxygen atoms in total. The van der Waals surface area contributed by atoms with Gasteiger partial charge in [0, 0.05) is 17.3 Å². The lowest BCUT2D eigenvalue weighted by Gasteiger charge is -2.04. The molecule has 0 aliphatic carbocycles. The highest BCUT2D eigenvalue weighted by Gasteiger charge is 2.12. The number of halogens is 1. The summed E-state index contributed by atoms with van der Waals surface area (Å²) < 4.78 is 13.5. The van der Waals surface area contributed by atoms with Crippen molar-refractivity contribution in [1.82, 2.24) is 9.97 Å². The summed E-state index contributed by atoms with van der Waals surface area (Å²) in [4.78, 5) is 20.5. The number of nitrogens with zero attached hydrogens (tertiary/aromatic N) is 2. The first-order valence-electron chi connectivity index (χ1n) is 6.83. The van der Waals surface area contributed by atoms with E-state index in [-0.39, 0.29) is 11.5 Å². The molecule has 0 aliphatic rings. The van der Waals surface area contributed by atoms with Gasteiger partial charge in [-0.1, -0.05) is 12.1 Å². The van der Waals surface area contributed by atoms with Gasteiger partial charge in [0.25, 0.3) is 5.91 Å². The van der Waals surface area contributed by atoms with Crippen LogP contribution < -0.4 is 10.6 Å². The Balaban J connectivity index is 1.69. The van der Waals surface area contributed by atoms with Gasteiger partial charge in [-0.15, -0.1) is 11.3 Å². The number of aromatic nitrogens is 2. The molecule has 0 aliphatic heterocycles. The Bertz CT molecular complexity index is 835. The number of aryl methyl sites for hydroxylation is 1. The topological polar surface area (TPSA) is 66.9 Å². The van der Waals surface area contributed by atoms with Crippen LogP contribution in [0.3, 0.4) is 0 Å². The zero-order chi connectivity index (χ0) is 16.2. The summed E-state index contributed by atoms with van der Waals surface area (Å²) in [6.07, 6.45) is 1.66. The van der Waals surface area contributed by atoms with Crippen LogP contribution in [-0.4, -0.2) is 15.9 Å². The minimum Gasteiger partial charge on any atom is -0.321 e. The van der Waals surface area contributed by atoms with E-state index in [1.165, 1.54) is 17.4 Å². The predicted molar refractivity (Wildman–Crippen MR) is 88.7 cm³/mol. The normalized spacial score (nSPS) is 10.3. The van der Waals surface area contributed by atoms with E-state index in [9.17, 15) is 9.18 Å². The molecule has 0 radical (unpaired) electrons. The molecule has 0 fully saturated rings. The Morgan fingerprint density at radius 1 is 1.26 bits per heavy atom. The first-order valence-corrected chi connectivity index (χ1v) is 7.71. The molecular formula is C16H13FN4OS. The van der Waals surface area contributed by atoms with E-state index in [0.29, 0.717) is 22.2 Å². The van der Waals surface area contributed by atoms with Crippen LogP contribution in [0.5, 0.6) is 0 Å². The van der Waals surface area contributed by atoms with Gasteiger partial charge in [0.15, 0.2) is 5.13 Å². The number of amides is 1. The summed E-state index contributed by atoms with van der Waals surface area (Å²) in [6.45, 7) is 1.66. The number of rotatable bonds is 4. The molecule has 7 heteroatoms. The molecule has 2 aromatic heterocycles. The molecule has 3 rings (SSSR count). The van der Waals surface area contributed by atoms with Gasteiger partial charge < -0.3 is 10.6 Å². The number of hydrogen-bond donors (Lipinski definition) is 2. The zero-order valence-corrected chi connectivity index (χ0v) is 13.0. The minimum absolute atomic E-state index is 0.259. The lowest BCUT2D eigenvalue weighted by atomic mass is 10.2. The van der Waals surface area contributed by atoms with Gasteiger partial charge in [0.05, 0.1) is 0 Å². The Kier molecular flexibility index (Phi) is 4.29. The second-order valence-corrected chi connectivity index (χ2v) is 5.65. The third kappa shape index (κ3) is 3.70. The van der Waals surface area contributed by atoms with Crippen LogP contribution in [-0.2, 0) is 0 Å². The fourth-order valence-electron chi connectivity index (χ4n) is 1.85. The lowest BCUT2D eigenvalue weighted by Crippen LogP contribution is -2.12. The summed E-state index contributed by atoms with van der Waals surface area (Å²) in [7, 11) is 0. The van der Waals surface area contributed by atoms with Crippen molar-refractivity contribution < 1.29 is 9.18 Å². The number of hydrogen-bond acceptors (Lipinski definition) is 5. The summed E-state index contributed by atoms with van der Waals surface area (Å²) in [5.74, 6) is -0.105. The Labute approximate surface area is 136 Å². The van der Waals surface area contributed by atoms with Crippen LogP contribution in [0.15, 0.2) is 48.0 Å². The Morgan fingerprint density at radius 2 is 2.13 bits per heavy atom.